The molecule has 0 aromatic carbocycles. The Labute approximate surface area is 107 Å². The Bertz CT molecular complexity index is 215. The second-order valence-electron chi connectivity index (χ2n) is 4.89. The summed E-state index contributed by atoms with van der Waals surface area (Å²) in [4.78, 5) is 0. The summed E-state index contributed by atoms with van der Waals surface area (Å²) in [5.74, 6) is 0. The molecule has 0 spiro atoms. The molecule has 0 amide bonds. The molecular weight excluding hydrogens is 232 g/mol. The largest absolute Gasteiger partial charge is 0.397 e. The Morgan fingerprint density at radius 3 is 2.94 bits per heavy atom. The molecule has 1 saturated heterocycles. The van der Waals surface area contributed by atoms with Crippen molar-refractivity contribution >= 4 is 9.28 Å². The lowest BCUT2D eigenvalue weighted by Crippen LogP contribution is -2.30. The topological polar surface area (TPSA) is 27.7 Å². The maximum absolute atomic E-state index is 5.96. The van der Waals surface area contributed by atoms with Crippen LogP contribution in [0.1, 0.15) is 39.5 Å². The van der Waals surface area contributed by atoms with Crippen molar-refractivity contribution in [2.24, 2.45) is 0 Å². The molecule has 0 aromatic rings. The first-order chi connectivity index (χ1) is 8.18. The summed E-state index contributed by atoms with van der Waals surface area (Å²) in [6.07, 6.45) is 4.91. The summed E-state index contributed by atoms with van der Waals surface area (Å²) in [7, 11) is -1.31. The third-order valence-electron chi connectivity index (χ3n) is 2.77. The Morgan fingerprint density at radius 1 is 1.47 bits per heavy atom. The molecule has 1 aliphatic rings. The molecule has 1 rings (SSSR count). The minimum atomic E-state index is -1.31. The standard InChI is InChI=1S/C13H26O3Si/c1-12(2)11-14-8-6-7-13(3)16-17-10-5-4-9-15-17/h13,17H,1,4-11H2,2-3H3. The molecule has 2 unspecified atom stereocenters. The SMILES string of the molecule is C=C(C)COCCCC(C)O[SiH]1CCCCO1. The molecule has 0 radical (unpaired) electrons. The Balaban J connectivity index is 1.96. The number of ether oxygens (including phenoxy) is 1. The fourth-order valence-corrected chi connectivity index (χ4v) is 3.95. The van der Waals surface area contributed by atoms with Gasteiger partial charge in [-0.1, -0.05) is 12.2 Å². The molecule has 0 aliphatic carbocycles. The molecular formula is C13H26O3Si. The van der Waals surface area contributed by atoms with Crippen LogP contribution in [0.2, 0.25) is 6.04 Å². The van der Waals surface area contributed by atoms with E-state index < -0.39 is 9.28 Å². The lowest BCUT2D eigenvalue weighted by molar-refractivity contribution is 0.108. The highest BCUT2D eigenvalue weighted by molar-refractivity contribution is 6.44. The van der Waals surface area contributed by atoms with Gasteiger partial charge in [0.1, 0.15) is 0 Å². The van der Waals surface area contributed by atoms with Gasteiger partial charge in [0.15, 0.2) is 0 Å². The van der Waals surface area contributed by atoms with Crippen molar-refractivity contribution in [3.8, 4) is 0 Å². The molecule has 3 nitrogen and oxygen atoms in total. The molecule has 0 saturated carbocycles. The highest BCUT2D eigenvalue weighted by Gasteiger charge is 2.19. The van der Waals surface area contributed by atoms with Crippen LogP contribution in [0, 0.1) is 0 Å². The van der Waals surface area contributed by atoms with E-state index in [4.69, 9.17) is 13.6 Å². The van der Waals surface area contributed by atoms with Crippen molar-refractivity contribution in [2.45, 2.75) is 51.7 Å². The van der Waals surface area contributed by atoms with E-state index in [9.17, 15) is 0 Å². The van der Waals surface area contributed by atoms with E-state index in [2.05, 4.69) is 13.5 Å². The van der Waals surface area contributed by atoms with E-state index in [0.29, 0.717) is 12.7 Å². The smallest absolute Gasteiger partial charge is 0.321 e. The first-order valence-corrected chi connectivity index (χ1v) is 8.43. The van der Waals surface area contributed by atoms with Crippen molar-refractivity contribution in [3.63, 3.8) is 0 Å². The molecule has 1 aliphatic heterocycles. The van der Waals surface area contributed by atoms with Crippen LogP contribution in [0.3, 0.4) is 0 Å². The summed E-state index contributed by atoms with van der Waals surface area (Å²) in [6.45, 7) is 10.3. The molecule has 0 N–H and O–H groups in total. The molecule has 4 heteroatoms. The van der Waals surface area contributed by atoms with Gasteiger partial charge >= 0.3 is 9.28 Å². The van der Waals surface area contributed by atoms with Crippen LogP contribution >= 0.6 is 0 Å². The molecule has 0 bridgehead atoms. The Hall–Kier alpha value is -0.163. The fraction of sp³-hybridized carbons (Fsp3) is 0.846. The van der Waals surface area contributed by atoms with E-state index in [-0.39, 0.29) is 0 Å². The zero-order chi connectivity index (χ0) is 12.5. The summed E-state index contributed by atoms with van der Waals surface area (Å²) < 4.78 is 17.1. The van der Waals surface area contributed by atoms with Crippen molar-refractivity contribution in [1.29, 1.82) is 0 Å². The summed E-state index contributed by atoms with van der Waals surface area (Å²) in [6, 6.07) is 1.18. The molecule has 0 aromatic heterocycles. The van der Waals surface area contributed by atoms with Gasteiger partial charge in [-0.05, 0) is 45.6 Å². The lowest BCUT2D eigenvalue weighted by Gasteiger charge is -2.24. The maximum atomic E-state index is 5.96. The van der Waals surface area contributed by atoms with Crippen LogP contribution in [0.4, 0.5) is 0 Å². The van der Waals surface area contributed by atoms with Crippen molar-refractivity contribution < 1.29 is 13.6 Å². The second-order valence-corrected chi connectivity index (χ2v) is 6.94. The van der Waals surface area contributed by atoms with Crippen molar-refractivity contribution in [3.05, 3.63) is 12.2 Å². The van der Waals surface area contributed by atoms with Crippen molar-refractivity contribution in [1.82, 2.24) is 0 Å². The predicted molar refractivity (Wildman–Crippen MR) is 72.6 cm³/mol. The molecule has 1 fully saturated rings. The van der Waals surface area contributed by atoms with Crippen LogP contribution in [-0.4, -0.2) is 35.2 Å². The third-order valence-corrected chi connectivity index (χ3v) is 5.03. The maximum Gasteiger partial charge on any atom is 0.321 e. The molecule has 100 valence electrons. The van der Waals surface area contributed by atoms with Gasteiger partial charge in [0.05, 0.1) is 6.61 Å². The second kappa shape index (κ2) is 8.86. The van der Waals surface area contributed by atoms with Crippen LogP contribution in [-0.2, 0) is 13.6 Å². The van der Waals surface area contributed by atoms with Gasteiger partial charge in [-0.25, -0.2) is 0 Å². The number of rotatable bonds is 8. The van der Waals surface area contributed by atoms with Crippen LogP contribution in [0.15, 0.2) is 12.2 Å². The highest BCUT2D eigenvalue weighted by Crippen LogP contribution is 2.14. The van der Waals surface area contributed by atoms with Crippen LogP contribution in [0.5, 0.6) is 0 Å². The van der Waals surface area contributed by atoms with E-state index in [1.165, 1.54) is 18.9 Å². The van der Waals surface area contributed by atoms with Gasteiger partial charge < -0.3 is 13.6 Å². The zero-order valence-corrected chi connectivity index (χ0v) is 12.4. The summed E-state index contributed by atoms with van der Waals surface area (Å²) >= 11 is 0. The number of hydrogen-bond acceptors (Lipinski definition) is 3. The quantitative estimate of drug-likeness (QED) is 0.381. The van der Waals surface area contributed by atoms with E-state index >= 15 is 0 Å². The Morgan fingerprint density at radius 2 is 2.29 bits per heavy atom. The van der Waals surface area contributed by atoms with Crippen molar-refractivity contribution in [2.75, 3.05) is 19.8 Å². The lowest BCUT2D eigenvalue weighted by atomic mass is 10.2. The molecule has 17 heavy (non-hydrogen) atoms. The van der Waals surface area contributed by atoms with E-state index in [0.717, 1.165) is 31.6 Å². The van der Waals surface area contributed by atoms with Gasteiger partial charge in [0.25, 0.3) is 0 Å². The summed E-state index contributed by atoms with van der Waals surface area (Å²) in [5, 5.41) is 0. The molecule has 2 atom stereocenters. The highest BCUT2D eigenvalue weighted by atomic mass is 28.3. The summed E-state index contributed by atoms with van der Waals surface area (Å²) in [5.41, 5.74) is 1.08. The van der Waals surface area contributed by atoms with E-state index in [1.807, 2.05) is 6.92 Å². The predicted octanol–water partition coefficient (Wildman–Crippen LogP) is 2.80. The number of hydrogen-bond donors (Lipinski definition) is 0. The monoisotopic (exact) mass is 258 g/mol. The normalized spacial score (nSPS) is 22.4. The average molecular weight is 258 g/mol. The van der Waals surface area contributed by atoms with Gasteiger partial charge in [-0.2, -0.15) is 0 Å². The Kier molecular flexibility index (Phi) is 7.76. The fourth-order valence-electron chi connectivity index (χ4n) is 1.86. The average Bonchev–Trinajstić information content (AvgIpc) is 2.29. The first-order valence-electron chi connectivity index (χ1n) is 6.67. The molecule has 1 heterocycles. The third kappa shape index (κ3) is 7.71. The van der Waals surface area contributed by atoms with Crippen LogP contribution in [0.25, 0.3) is 0 Å². The van der Waals surface area contributed by atoms with Gasteiger partial charge in [-0.15, -0.1) is 0 Å². The van der Waals surface area contributed by atoms with Crippen LogP contribution < -0.4 is 0 Å². The van der Waals surface area contributed by atoms with E-state index in [1.54, 1.807) is 0 Å². The van der Waals surface area contributed by atoms with Gasteiger partial charge in [0.2, 0.25) is 0 Å². The minimum absolute atomic E-state index is 0.318. The first kappa shape index (κ1) is 14.9. The minimum Gasteiger partial charge on any atom is -0.397 e. The van der Waals surface area contributed by atoms with Gasteiger partial charge in [-0.3, -0.25) is 0 Å². The van der Waals surface area contributed by atoms with Gasteiger partial charge in [0, 0.05) is 19.3 Å². The zero-order valence-electron chi connectivity index (χ0n) is 11.2.